The van der Waals surface area contributed by atoms with E-state index in [2.05, 4.69) is 0 Å². The minimum absolute atomic E-state index is 0.149. The van der Waals surface area contributed by atoms with Crippen molar-refractivity contribution in [2.75, 3.05) is 13.7 Å². The van der Waals surface area contributed by atoms with Gasteiger partial charge in [-0.05, 0) is 31.5 Å². The van der Waals surface area contributed by atoms with E-state index in [1.807, 2.05) is 37.3 Å². The number of hydrogen-bond donors (Lipinski definition) is 0. The van der Waals surface area contributed by atoms with E-state index in [1.54, 1.807) is 24.9 Å². The molecule has 0 saturated heterocycles. The number of nitro benzene ring substituents is 1. The number of carbonyl (C=O) groups excluding carboxylic acids is 1. The maximum Gasteiger partial charge on any atom is 0.311 e. The van der Waals surface area contributed by atoms with E-state index in [-0.39, 0.29) is 28.9 Å². The Labute approximate surface area is 140 Å². The Hall–Kier alpha value is -2.89. The molecule has 0 aliphatic heterocycles. The minimum Gasteiger partial charge on any atom is -0.487 e. The van der Waals surface area contributed by atoms with E-state index in [9.17, 15) is 14.9 Å². The third kappa shape index (κ3) is 3.71. The predicted octanol–water partition coefficient (Wildman–Crippen LogP) is 3.83. The number of carbonyl (C=O) groups is 1. The first kappa shape index (κ1) is 17.5. The van der Waals surface area contributed by atoms with Gasteiger partial charge in [-0.3, -0.25) is 14.9 Å². The highest BCUT2D eigenvalue weighted by Gasteiger charge is 2.23. The maximum absolute atomic E-state index is 12.7. The van der Waals surface area contributed by atoms with E-state index in [0.717, 1.165) is 5.56 Å². The van der Waals surface area contributed by atoms with E-state index in [0.29, 0.717) is 6.61 Å². The Bertz CT molecular complexity index is 731. The summed E-state index contributed by atoms with van der Waals surface area (Å²) in [7, 11) is 1.68. The van der Waals surface area contributed by atoms with Crippen LogP contribution in [0.1, 0.15) is 35.8 Å². The molecule has 1 amide bonds. The van der Waals surface area contributed by atoms with Crippen molar-refractivity contribution in [3.05, 3.63) is 69.8 Å². The van der Waals surface area contributed by atoms with E-state index >= 15 is 0 Å². The lowest BCUT2D eigenvalue weighted by atomic mass is 10.1. The van der Waals surface area contributed by atoms with Crippen LogP contribution in [-0.2, 0) is 0 Å². The zero-order valence-corrected chi connectivity index (χ0v) is 13.9. The number of benzene rings is 2. The normalized spacial score (nSPS) is 11.6. The van der Waals surface area contributed by atoms with Gasteiger partial charge < -0.3 is 9.64 Å². The molecule has 0 bridgehead atoms. The Kier molecular flexibility index (Phi) is 5.52. The lowest BCUT2D eigenvalue weighted by Crippen LogP contribution is -2.29. The van der Waals surface area contributed by atoms with Crippen LogP contribution >= 0.6 is 0 Å². The molecule has 126 valence electrons. The van der Waals surface area contributed by atoms with Crippen molar-refractivity contribution in [3.63, 3.8) is 0 Å². The van der Waals surface area contributed by atoms with Crippen molar-refractivity contribution < 1.29 is 14.5 Å². The summed E-state index contributed by atoms with van der Waals surface area (Å²) >= 11 is 0. The smallest absolute Gasteiger partial charge is 0.311 e. The van der Waals surface area contributed by atoms with Gasteiger partial charge in [0.2, 0.25) is 0 Å². The Morgan fingerprint density at radius 2 is 1.92 bits per heavy atom. The van der Waals surface area contributed by atoms with Gasteiger partial charge in [0.25, 0.3) is 5.91 Å². The van der Waals surface area contributed by atoms with Crippen molar-refractivity contribution >= 4 is 11.6 Å². The molecule has 1 atom stereocenters. The van der Waals surface area contributed by atoms with E-state index in [4.69, 9.17) is 4.74 Å². The summed E-state index contributed by atoms with van der Waals surface area (Å²) < 4.78 is 5.24. The second-order valence-electron chi connectivity index (χ2n) is 5.38. The number of nitrogens with zero attached hydrogens (tertiary/aromatic N) is 2. The van der Waals surface area contributed by atoms with Gasteiger partial charge in [0.1, 0.15) is 0 Å². The minimum atomic E-state index is -0.539. The quantitative estimate of drug-likeness (QED) is 0.597. The Morgan fingerprint density at radius 3 is 2.50 bits per heavy atom. The molecule has 6 heteroatoms. The summed E-state index contributed by atoms with van der Waals surface area (Å²) in [5, 5.41) is 11.2. The Balaban J connectivity index is 2.28. The second-order valence-corrected chi connectivity index (χ2v) is 5.38. The van der Waals surface area contributed by atoms with E-state index in [1.165, 1.54) is 12.1 Å². The second kappa shape index (κ2) is 7.59. The molecule has 0 aromatic heterocycles. The predicted molar refractivity (Wildman–Crippen MR) is 91.2 cm³/mol. The van der Waals surface area contributed by atoms with Gasteiger partial charge in [-0.2, -0.15) is 0 Å². The zero-order chi connectivity index (χ0) is 17.7. The van der Waals surface area contributed by atoms with Gasteiger partial charge in [-0.15, -0.1) is 0 Å². The van der Waals surface area contributed by atoms with Crippen molar-refractivity contribution in [3.8, 4) is 5.75 Å². The average molecular weight is 328 g/mol. The molecule has 1 unspecified atom stereocenters. The molecule has 24 heavy (non-hydrogen) atoms. The molecule has 0 spiro atoms. The van der Waals surface area contributed by atoms with Crippen molar-refractivity contribution in [1.29, 1.82) is 0 Å². The largest absolute Gasteiger partial charge is 0.487 e. The number of rotatable bonds is 6. The van der Waals surface area contributed by atoms with Crippen LogP contribution in [0.4, 0.5) is 5.69 Å². The highest BCUT2D eigenvalue weighted by atomic mass is 16.6. The van der Waals surface area contributed by atoms with Crippen LogP contribution in [0.15, 0.2) is 48.5 Å². The molecule has 0 aliphatic rings. The lowest BCUT2D eigenvalue weighted by molar-refractivity contribution is -0.385. The fraction of sp³-hybridized carbons (Fsp3) is 0.278. The van der Waals surface area contributed by atoms with Crippen LogP contribution in [0, 0.1) is 10.1 Å². The number of hydrogen-bond acceptors (Lipinski definition) is 4. The molecule has 0 N–H and O–H groups in total. The molecular weight excluding hydrogens is 308 g/mol. The SMILES string of the molecule is CCOc1ccc(C(=O)N(C)C(C)c2ccccc2)cc1[N+](=O)[O-]. The van der Waals surface area contributed by atoms with Gasteiger partial charge in [0.15, 0.2) is 5.75 Å². The molecule has 0 saturated carbocycles. The lowest BCUT2D eigenvalue weighted by Gasteiger charge is -2.25. The summed E-state index contributed by atoms with van der Waals surface area (Å²) in [6.45, 7) is 3.98. The highest BCUT2D eigenvalue weighted by molar-refractivity contribution is 5.95. The molecule has 6 nitrogen and oxygen atoms in total. The molecule has 2 aromatic rings. The number of nitro groups is 1. The van der Waals surface area contributed by atoms with Gasteiger partial charge in [-0.25, -0.2) is 0 Å². The van der Waals surface area contributed by atoms with Gasteiger partial charge in [0.05, 0.1) is 17.6 Å². The fourth-order valence-corrected chi connectivity index (χ4v) is 2.41. The molecule has 0 fully saturated rings. The van der Waals surface area contributed by atoms with Crippen LogP contribution in [0.25, 0.3) is 0 Å². The van der Waals surface area contributed by atoms with Crippen LogP contribution in [0.3, 0.4) is 0 Å². The Morgan fingerprint density at radius 1 is 1.25 bits per heavy atom. The van der Waals surface area contributed by atoms with Crippen LogP contribution in [-0.4, -0.2) is 29.4 Å². The zero-order valence-electron chi connectivity index (χ0n) is 13.9. The maximum atomic E-state index is 12.7. The van der Waals surface area contributed by atoms with Crippen molar-refractivity contribution in [1.82, 2.24) is 4.90 Å². The van der Waals surface area contributed by atoms with E-state index < -0.39 is 4.92 Å². The summed E-state index contributed by atoms with van der Waals surface area (Å²) in [6, 6.07) is 13.7. The summed E-state index contributed by atoms with van der Waals surface area (Å²) in [5.74, 6) is -0.115. The van der Waals surface area contributed by atoms with Crippen molar-refractivity contribution in [2.24, 2.45) is 0 Å². The number of amides is 1. The summed E-state index contributed by atoms with van der Waals surface area (Å²) in [5.41, 5.74) is 1.05. The first-order valence-electron chi connectivity index (χ1n) is 7.69. The van der Waals surface area contributed by atoms with Crippen LogP contribution < -0.4 is 4.74 Å². The monoisotopic (exact) mass is 328 g/mol. The van der Waals surface area contributed by atoms with Crippen molar-refractivity contribution in [2.45, 2.75) is 19.9 Å². The first-order valence-corrected chi connectivity index (χ1v) is 7.69. The van der Waals surface area contributed by atoms with Crippen LogP contribution in [0.2, 0.25) is 0 Å². The molecule has 0 aliphatic carbocycles. The highest BCUT2D eigenvalue weighted by Crippen LogP contribution is 2.29. The van der Waals surface area contributed by atoms with Crippen LogP contribution in [0.5, 0.6) is 5.75 Å². The number of ether oxygens (including phenoxy) is 1. The fourth-order valence-electron chi connectivity index (χ4n) is 2.41. The third-order valence-corrected chi connectivity index (χ3v) is 3.89. The standard InChI is InChI=1S/C18H20N2O4/c1-4-24-17-11-10-15(12-16(17)20(22)23)18(21)19(3)13(2)14-8-6-5-7-9-14/h5-13H,4H2,1-3H3. The average Bonchev–Trinajstić information content (AvgIpc) is 2.61. The van der Waals surface area contributed by atoms with Gasteiger partial charge >= 0.3 is 5.69 Å². The molecular formula is C18H20N2O4. The summed E-state index contributed by atoms with van der Waals surface area (Å²) in [4.78, 5) is 24.9. The first-order chi connectivity index (χ1) is 11.5. The van der Waals surface area contributed by atoms with Gasteiger partial charge in [-0.1, -0.05) is 30.3 Å². The molecule has 0 radical (unpaired) electrons. The molecule has 2 rings (SSSR count). The van der Waals surface area contributed by atoms with Gasteiger partial charge in [0, 0.05) is 18.7 Å². The molecule has 0 heterocycles. The third-order valence-electron chi connectivity index (χ3n) is 3.89. The molecule has 2 aromatic carbocycles. The topological polar surface area (TPSA) is 72.7 Å². The summed E-state index contributed by atoms with van der Waals surface area (Å²) in [6.07, 6.45) is 0.